The molecule has 0 saturated heterocycles. The van der Waals surface area contributed by atoms with Crippen LogP contribution in [0, 0.1) is 11.7 Å². The second-order valence-electron chi connectivity index (χ2n) is 4.69. The molecular formula is C15H23ClFN. The van der Waals surface area contributed by atoms with Crippen LogP contribution in [-0.2, 0) is 6.42 Å². The van der Waals surface area contributed by atoms with E-state index in [1.807, 2.05) is 6.07 Å². The van der Waals surface area contributed by atoms with E-state index in [0.29, 0.717) is 12.0 Å². The number of halogens is 2. The summed E-state index contributed by atoms with van der Waals surface area (Å²) < 4.78 is 13.4. The Morgan fingerprint density at radius 1 is 1.22 bits per heavy atom. The standard InChI is InChI=1S/C15H23ClFN/c1-4-12(5-2)15(18-6-3)10-11-7-8-13(16)14(17)9-11/h7-9,12,15,18H,4-6,10H2,1-3H3. The Hall–Kier alpha value is -0.600. The van der Waals surface area contributed by atoms with Gasteiger partial charge in [0.1, 0.15) is 5.82 Å². The topological polar surface area (TPSA) is 12.0 Å². The third-order valence-corrected chi connectivity index (χ3v) is 3.83. The molecule has 0 saturated carbocycles. The molecule has 1 nitrogen and oxygen atoms in total. The molecule has 1 N–H and O–H groups in total. The van der Waals surface area contributed by atoms with Crippen molar-refractivity contribution in [3.8, 4) is 0 Å². The lowest BCUT2D eigenvalue weighted by Gasteiger charge is -2.26. The summed E-state index contributed by atoms with van der Waals surface area (Å²) in [5.74, 6) is 0.303. The Morgan fingerprint density at radius 3 is 2.39 bits per heavy atom. The smallest absolute Gasteiger partial charge is 0.142 e. The van der Waals surface area contributed by atoms with Crippen LogP contribution in [0.4, 0.5) is 4.39 Å². The van der Waals surface area contributed by atoms with E-state index in [9.17, 15) is 4.39 Å². The van der Waals surface area contributed by atoms with E-state index in [1.165, 1.54) is 0 Å². The van der Waals surface area contributed by atoms with Gasteiger partial charge in [0.2, 0.25) is 0 Å². The molecule has 0 amide bonds. The number of rotatable bonds is 7. The van der Waals surface area contributed by atoms with Crippen LogP contribution in [0.5, 0.6) is 0 Å². The van der Waals surface area contributed by atoms with Crippen LogP contribution in [0.2, 0.25) is 5.02 Å². The number of hydrogen-bond donors (Lipinski definition) is 1. The van der Waals surface area contributed by atoms with Crippen molar-refractivity contribution in [1.82, 2.24) is 5.32 Å². The van der Waals surface area contributed by atoms with Crippen LogP contribution >= 0.6 is 11.6 Å². The fourth-order valence-electron chi connectivity index (χ4n) is 2.45. The molecule has 1 atom stereocenters. The third kappa shape index (κ3) is 4.25. The van der Waals surface area contributed by atoms with Crippen molar-refractivity contribution in [3.63, 3.8) is 0 Å². The van der Waals surface area contributed by atoms with Crippen molar-refractivity contribution in [2.24, 2.45) is 5.92 Å². The van der Waals surface area contributed by atoms with E-state index in [4.69, 9.17) is 11.6 Å². The van der Waals surface area contributed by atoms with Gasteiger partial charge < -0.3 is 5.32 Å². The second-order valence-corrected chi connectivity index (χ2v) is 5.10. The average molecular weight is 272 g/mol. The summed E-state index contributed by atoms with van der Waals surface area (Å²) in [4.78, 5) is 0. The predicted molar refractivity (Wildman–Crippen MR) is 76.7 cm³/mol. The molecular weight excluding hydrogens is 249 g/mol. The van der Waals surface area contributed by atoms with Crippen molar-refractivity contribution in [2.75, 3.05) is 6.54 Å². The predicted octanol–water partition coefficient (Wildman–Crippen LogP) is 4.44. The fraction of sp³-hybridized carbons (Fsp3) is 0.600. The molecule has 1 aromatic carbocycles. The molecule has 0 heterocycles. The summed E-state index contributed by atoms with van der Waals surface area (Å²) in [7, 11) is 0. The minimum Gasteiger partial charge on any atom is -0.314 e. The van der Waals surface area contributed by atoms with E-state index < -0.39 is 0 Å². The molecule has 102 valence electrons. The number of nitrogens with one attached hydrogen (secondary N) is 1. The SMILES string of the molecule is CCNC(Cc1ccc(Cl)c(F)c1)C(CC)CC. The maximum Gasteiger partial charge on any atom is 0.142 e. The molecule has 0 radical (unpaired) electrons. The van der Waals surface area contributed by atoms with E-state index in [0.717, 1.165) is 31.4 Å². The van der Waals surface area contributed by atoms with Gasteiger partial charge in [-0.25, -0.2) is 4.39 Å². The molecule has 0 fully saturated rings. The number of benzene rings is 1. The minimum absolute atomic E-state index is 0.196. The molecule has 0 spiro atoms. The Labute approximate surface area is 115 Å². The van der Waals surface area contributed by atoms with Gasteiger partial charge in [0.05, 0.1) is 5.02 Å². The number of hydrogen-bond acceptors (Lipinski definition) is 1. The van der Waals surface area contributed by atoms with Crippen LogP contribution in [0.25, 0.3) is 0 Å². The van der Waals surface area contributed by atoms with E-state index in [1.54, 1.807) is 12.1 Å². The Bertz CT molecular complexity index is 364. The van der Waals surface area contributed by atoms with Gasteiger partial charge in [-0.15, -0.1) is 0 Å². The van der Waals surface area contributed by atoms with E-state index in [-0.39, 0.29) is 10.8 Å². The third-order valence-electron chi connectivity index (χ3n) is 3.52. The monoisotopic (exact) mass is 271 g/mol. The highest BCUT2D eigenvalue weighted by Crippen LogP contribution is 2.20. The zero-order valence-corrected chi connectivity index (χ0v) is 12.2. The van der Waals surface area contributed by atoms with E-state index in [2.05, 4.69) is 26.1 Å². The Morgan fingerprint density at radius 2 is 1.89 bits per heavy atom. The van der Waals surface area contributed by atoms with Gasteiger partial charge in [-0.2, -0.15) is 0 Å². The lowest BCUT2D eigenvalue weighted by Crippen LogP contribution is -2.37. The first-order valence-electron chi connectivity index (χ1n) is 6.79. The lowest BCUT2D eigenvalue weighted by atomic mass is 9.89. The van der Waals surface area contributed by atoms with Crippen LogP contribution in [0.15, 0.2) is 18.2 Å². The second kappa shape index (κ2) is 7.75. The Kier molecular flexibility index (Phi) is 6.66. The van der Waals surface area contributed by atoms with Gasteiger partial charge in [0.25, 0.3) is 0 Å². The number of likely N-dealkylation sites (N-methyl/N-ethyl adjacent to an activating group) is 1. The van der Waals surface area contributed by atoms with Crippen molar-refractivity contribution in [3.05, 3.63) is 34.6 Å². The molecule has 3 heteroatoms. The molecule has 0 aliphatic rings. The maximum atomic E-state index is 13.4. The van der Waals surface area contributed by atoms with Crippen molar-refractivity contribution in [1.29, 1.82) is 0 Å². The highest BCUT2D eigenvalue weighted by molar-refractivity contribution is 6.30. The van der Waals surface area contributed by atoms with Gasteiger partial charge in [-0.3, -0.25) is 0 Å². The first kappa shape index (κ1) is 15.5. The molecule has 1 unspecified atom stereocenters. The lowest BCUT2D eigenvalue weighted by molar-refractivity contribution is 0.336. The van der Waals surface area contributed by atoms with Crippen molar-refractivity contribution < 1.29 is 4.39 Å². The average Bonchev–Trinajstić information content (AvgIpc) is 2.35. The van der Waals surface area contributed by atoms with Crippen LogP contribution in [-0.4, -0.2) is 12.6 Å². The summed E-state index contributed by atoms with van der Waals surface area (Å²) in [6.45, 7) is 7.47. The molecule has 1 rings (SSSR count). The van der Waals surface area contributed by atoms with Crippen LogP contribution in [0.1, 0.15) is 39.2 Å². The zero-order chi connectivity index (χ0) is 13.5. The quantitative estimate of drug-likeness (QED) is 0.773. The Balaban J connectivity index is 2.78. The molecule has 18 heavy (non-hydrogen) atoms. The van der Waals surface area contributed by atoms with Gasteiger partial charge in [-0.1, -0.05) is 51.3 Å². The summed E-state index contributed by atoms with van der Waals surface area (Å²) in [5.41, 5.74) is 1.01. The minimum atomic E-state index is -0.325. The summed E-state index contributed by atoms with van der Waals surface area (Å²) >= 11 is 5.70. The molecule has 1 aromatic rings. The first-order chi connectivity index (χ1) is 8.62. The van der Waals surface area contributed by atoms with Crippen LogP contribution < -0.4 is 5.32 Å². The largest absolute Gasteiger partial charge is 0.314 e. The molecule has 0 aliphatic carbocycles. The zero-order valence-electron chi connectivity index (χ0n) is 11.5. The van der Waals surface area contributed by atoms with E-state index >= 15 is 0 Å². The fourth-order valence-corrected chi connectivity index (χ4v) is 2.56. The molecule has 0 aliphatic heterocycles. The van der Waals surface area contributed by atoms with Gasteiger partial charge in [0.15, 0.2) is 0 Å². The summed E-state index contributed by atoms with van der Waals surface area (Å²) in [5, 5.41) is 3.71. The summed E-state index contributed by atoms with van der Waals surface area (Å²) in [6, 6.07) is 5.51. The van der Waals surface area contributed by atoms with Crippen molar-refractivity contribution in [2.45, 2.75) is 46.1 Å². The van der Waals surface area contributed by atoms with Crippen LogP contribution in [0.3, 0.4) is 0 Å². The molecule has 0 aromatic heterocycles. The molecule has 0 bridgehead atoms. The highest BCUT2D eigenvalue weighted by atomic mass is 35.5. The first-order valence-corrected chi connectivity index (χ1v) is 7.17. The van der Waals surface area contributed by atoms with Crippen molar-refractivity contribution >= 4 is 11.6 Å². The summed E-state index contributed by atoms with van der Waals surface area (Å²) in [6.07, 6.45) is 3.14. The highest BCUT2D eigenvalue weighted by Gasteiger charge is 2.18. The normalized spacial score (nSPS) is 13.0. The van der Waals surface area contributed by atoms with Gasteiger partial charge >= 0.3 is 0 Å². The van der Waals surface area contributed by atoms with Gasteiger partial charge in [-0.05, 0) is 36.6 Å². The van der Waals surface area contributed by atoms with Gasteiger partial charge in [0, 0.05) is 6.04 Å². The maximum absolute atomic E-state index is 13.4.